The van der Waals surface area contributed by atoms with Crippen molar-refractivity contribution in [1.82, 2.24) is 0 Å². The number of carbonyl (C=O) groups excluding carboxylic acids is 2. The summed E-state index contributed by atoms with van der Waals surface area (Å²) in [6, 6.07) is -1.21. The molecule has 0 rings (SSSR count). The van der Waals surface area contributed by atoms with Crippen molar-refractivity contribution in [3.8, 4) is 0 Å². The fourth-order valence-electron chi connectivity index (χ4n) is 0.391. The topological polar surface area (TPSA) is 106 Å². The van der Waals surface area contributed by atoms with Gasteiger partial charge in [-0.1, -0.05) is 0 Å². The van der Waals surface area contributed by atoms with Gasteiger partial charge in [-0.05, 0) is 12.8 Å². The van der Waals surface area contributed by atoms with Crippen molar-refractivity contribution >= 4 is 49.7 Å². The van der Waals surface area contributed by atoms with E-state index in [4.69, 9.17) is 5.73 Å². The van der Waals surface area contributed by atoms with Crippen LogP contribution >= 0.6 is 0 Å². The zero-order chi connectivity index (χ0) is 8.15. The second-order valence-electron chi connectivity index (χ2n) is 1.84. The number of nitrogens with two attached hydrogens (primary N) is 1. The summed E-state index contributed by atoms with van der Waals surface area (Å²) in [4.78, 5) is 19.6. The maximum atomic E-state index is 9.86. The van der Waals surface area contributed by atoms with Crippen LogP contribution in [0.1, 0.15) is 12.8 Å². The normalized spacial score (nSPS) is 10.4. The van der Waals surface area contributed by atoms with Crippen LogP contribution in [0.3, 0.4) is 0 Å². The zero-order valence-corrected chi connectivity index (χ0v) is 11.1. The van der Waals surface area contributed by atoms with E-state index < -0.39 is 18.0 Å². The third-order valence-corrected chi connectivity index (χ3v) is 0.962. The van der Waals surface area contributed by atoms with Crippen LogP contribution in [-0.4, -0.2) is 55.7 Å². The molecule has 0 aromatic carbocycles. The van der Waals surface area contributed by atoms with Crippen molar-refractivity contribution in [2.24, 2.45) is 5.73 Å². The van der Waals surface area contributed by atoms with Gasteiger partial charge in [0.2, 0.25) is 0 Å². The summed E-state index contributed by atoms with van der Waals surface area (Å²) in [5, 5.41) is 19.6. The van der Waals surface area contributed by atoms with Gasteiger partial charge in [0.05, 0.1) is 5.97 Å². The minimum atomic E-state index is -1.44. The quantitative estimate of drug-likeness (QED) is 0.462. The molecule has 0 unspecified atom stereocenters. The Balaban J connectivity index is -0.000000405. The maximum Gasteiger partial charge on any atom is 2.00 e. The molecule has 1 atom stereocenters. The summed E-state index contributed by atoms with van der Waals surface area (Å²) in [6.45, 7) is 0. The number of carboxylic acid groups (broad SMARTS) is 2. The Morgan fingerprint density at radius 2 is 1.75 bits per heavy atom. The smallest absolute Gasteiger partial charge is 0.550 e. The molecule has 12 heavy (non-hydrogen) atoms. The summed E-state index contributed by atoms with van der Waals surface area (Å²) in [5.41, 5.74) is 4.91. The summed E-state index contributed by atoms with van der Waals surface area (Å²) >= 11 is 0. The fourth-order valence-corrected chi connectivity index (χ4v) is 0.391. The van der Waals surface area contributed by atoms with Crippen molar-refractivity contribution in [3.05, 3.63) is 0 Å². The molecule has 0 aliphatic carbocycles. The van der Waals surface area contributed by atoms with Crippen LogP contribution < -0.4 is 45.5 Å². The molecule has 0 saturated carbocycles. The van der Waals surface area contributed by atoms with Crippen molar-refractivity contribution in [3.63, 3.8) is 0 Å². The van der Waals surface area contributed by atoms with Crippen LogP contribution in [0.5, 0.6) is 0 Å². The van der Waals surface area contributed by atoms with Gasteiger partial charge in [-0.2, -0.15) is 0 Å². The van der Waals surface area contributed by atoms with E-state index in [2.05, 4.69) is 0 Å². The first-order valence-corrected chi connectivity index (χ1v) is 2.70. The molecule has 7 heteroatoms. The Hall–Kier alpha value is 1.16. The molecule has 0 radical (unpaired) electrons. The second kappa shape index (κ2) is 10.2. The van der Waals surface area contributed by atoms with E-state index in [-0.39, 0.29) is 80.1 Å². The average molecular weight is 208 g/mol. The monoisotopic (exact) mass is 208 g/mol. The first kappa shape index (κ1) is 18.9. The Bertz CT molecular complexity index is 154. The number of carboxylic acids is 2. The second-order valence-corrected chi connectivity index (χ2v) is 1.84. The van der Waals surface area contributed by atoms with Gasteiger partial charge in [-0.3, -0.25) is 0 Å². The Labute approximate surface area is 122 Å². The van der Waals surface area contributed by atoms with Crippen LogP contribution in [0, 0.1) is 0 Å². The van der Waals surface area contributed by atoms with E-state index in [1.54, 1.807) is 0 Å². The van der Waals surface area contributed by atoms with Crippen molar-refractivity contribution in [1.29, 1.82) is 0 Å². The zero-order valence-electron chi connectivity index (χ0n) is 6.91. The van der Waals surface area contributed by atoms with Crippen molar-refractivity contribution in [2.75, 3.05) is 0 Å². The van der Waals surface area contributed by atoms with E-state index in [1.165, 1.54) is 0 Å². The molecule has 0 amide bonds. The van der Waals surface area contributed by atoms with Crippen molar-refractivity contribution in [2.45, 2.75) is 18.9 Å². The largest absolute Gasteiger partial charge is 2.00 e. The third kappa shape index (κ3) is 11.2. The average Bonchev–Trinajstić information content (AvgIpc) is 1.82. The molecule has 5 nitrogen and oxygen atoms in total. The molecule has 0 aromatic rings. The minimum Gasteiger partial charge on any atom is -0.550 e. The number of hydrogen-bond acceptors (Lipinski definition) is 5. The van der Waals surface area contributed by atoms with Gasteiger partial charge >= 0.3 is 67.3 Å². The SMILES string of the molecule is N[C@@H](CCC(=O)[O-])C(=O)[O-].[Ca+2].[Na+]. The first-order chi connectivity index (χ1) is 4.54. The summed E-state index contributed by atoms with van der Waals surface area (Å²) < 4.78 is 0. The predicted octanol–water partition coefficient (Wildman–Crippen LogP) is -6.78. The molecular formula is C5H7CaNNaO4+. The molecule has 0 bridgehead atoms. The van der Waals surface area contributed by atoms with Gasteiger partial charge in [0.15, 0.2) is 0 Å². The summed E-state index contributed by atoms with van der Waals surface area (Å²) in [5.74, 6) is -2.75. The van der Waals surface area contributed by atoms with Gasteiger partial charge < -0.3 is 25.5 Å². The minimum absolute atomic E-state index is 0. The number of carbonyl (C=O) groups is 2. The number of aliphatic carboxylic acids is 2. The molecule has 0 saturated heterocycles. The third-order valence-electron chi connectivity index (χ3n) is 0.962. The Kier molecular flexibility index (Phi) is 16.1. The number of rotatable bonds is 4. The Morgan fingerprint density at radius 1 is 1.33 bits per heavy atom. The summed E-state index contributed by atoms with van der Waals surface area (Å²) in [7, 11) is 0. The molecule has 58 valence electrons. The Morgan fingerprint density at radius 3 is 2.00 bits per heavy atom. The van der Waals surface area contributed by atoms with Crippen LogP contribution in [0.25, 0.3) is 0 Å². The molecule has 0 aromatic heterocycles. The predicted molar refractivity (Wildman–Crippen MR) is 33.0 cm³/mol. The fraction of sp³-hybridized carbons (Fsp3) is 0.600. The molecule has 0 heterocycles. The van der Waals surface area contributed by atoms with Crippen LogP contribution in [0.2, 0.25) is 0 Å². The molecule has 0 spiro atoms. The van der Waals surface area contributed by atoms with Crippen LogP contribution in [-0.2, 0) is 9.59 Å². The van der Waals surface area contributed by atoms with Crippen molar-refractivity contribution < 1.29 is 49.4 Å². The molecule has 0 aliphatic rings. The van der Waals surface area contributed by atoms with Crippen LogP contribution in [0.15, 0.2) is 0 Å². The van der Waals surface area contributed by atoms with E-state index >= 15 is 0 Å². The van der Waals surface area contributed by atoms with Crippen LogP contribution in [0.4, 0.5) is 0 Å². The molecule has 0 aliphatic heterocycles. The van der Waals surface area contributed by atoms with E-state index in [0.29, 0.717) is 0 Å². The van der Waals surface area contributed by atoms with Gasteiger partial charge in [0.25, 0.3) is 0 Å². The summed E-state index contributed by atoms with van der Waals surface area (Å²) in [6.07, 6.45) is -0.500. The van der Waals surface area contributed by atoms with Gasteiger partial charge in [-0.25, -0.2) is 0 Å². The molecular weight excluding hydrogens is 201 g/mol. The first-order valence-electron chi connectivity index (χ1n) is 2.70. The molecule has 2 N–H and O–H groups in total. The van der Waals surface area contributed by atoms with Gasteiger partial charge in [0.1, 0.15) is 0 Å². The van der Waals surface area contributed by atoms with E-state index in [1.807, 2.05) is 0 Å². The van der Waals surface area contributed by atoms with E-state index in [0.717, 1.165) is 0 Å². The van der Waals surface area contributed by atoms with Gasteiger partial charge in [0, 0.05) is 12.0 Å². The van der Waals surface area contributed by atoms with E-state index in [9.17, 15) is 19.8 Å². The maximum absolute atomic E-state index is 9.86. The molecule has 0 fully saturated rings. The van der Waals surface area contributed by atoms with Gasteiger partial charge in [-0.15, -0.1) is 0 Å². The number of hydrogen-bond donors (Lipinski definition) is 1. The standard InChI is InChI=1S/C5H9NO4.Ca.Na/c6-3(5(9)10)1-2-4(7)8;;/h3H,1-2,6H2,(H,7,8)(H,9,10);;/q;+2;+1/p-2/t3-;;/m0../s1.